The number of benzene rings is 3. The lowest BCUT2D eigenvalue weighted by molar-refractivity contribution is -0.00800. The molecule has 3 rings (SSSR count). The molecule has 0 fully saturated rings. The molecule has 0 aliphatic heterocycles. The standard InChI is InChI=1S/C29H40N4O7.C7H8/c1-4-12-33(13-5-2)29(39)22-16-20(26(30)36)15-21(17-22)27(37)31-18-24(34)25(35)23(11-14-40-3)32-28(38)19-9-7-6-8-10-19;1-7-5-3-2-4-6-7/h6-10,15-17,23-25,34-35H,4-5,11-14,18H2,1-3H3,(H2,30,36)(H,31,37)(H,32,38);2-6H,1H3. The molecule has 0 radical (unpaired) electrons. The predicted octanol–water partition coefficient (Wildman–Crippen LogP) is 3.33. The highest BCUT2D eigenvalue weighted by Gasteiger charge is 2.29. The van der Waals surface area contributed by atoms with E-state index in [0.717, 1.165) is 12.8 Å². The molecule has 4 amide bonds. The maximum Gasteiger partial charge on any atom is 0.253 e. The molecule has 0 aliphatic rings. The van der Waals surface area contributed by atoms with Crippen molar-refractivity contribution in [1.29, 1.82) is 0 Å². The third-order valence-electron chi connectivity index (χ3n) is 7.21. The molecule has 3 atom stereocenters. The van der Waals surface area contributed by atoms with E-state index in [-0.39, 0.29) is 42.2 Å². The minimum atomic E-state index is -1.45. The van der Waals surface area contributed by atoms with Crippen molar-refractivity contribution in [3.05, 3.63) is 107 Å². The van der Waals surface area contributed by atoms with Crippen molar-refractivity contribution in [2.24, 2.45) is 5.73 Å². The molecule has 11 nitrogen and oxygen atoms in total. The summed E-state index contributed by atoms with van der Waals surface area (Å²) in [6.07, 6.45) is -1.20. The van der Waals surface area contributed by atoms with Crippen molar-refractivity contribution >= 4 is 23.6 Å². The molecule has 0 heterocycles. The predicted molar refractivity (Wildman–Crippen MR) is 181 cm³/mol. The van der Waals surface area contributed by atoms with E-state index in [0.29, 0.717) is 18.7 Å². The van der Waals surface area contributed by atoms with Gasteiger partial charge in [-0.1, -0.05) is 67.9 Å². The summed E-state index contributed by atoms with van der Waals surface area (Å²) in [6.45, 7) is 6.85. The second-order valence-corrected chi connectivity index (χ2v) is 11.1. The number of rotatable bonds is 16. The topological polar surface area (TPSA) is 171 Å². The van der Waals surface area contributed by atoms with Crippen molar-refractivity contribution in [2.75, 3.05) is 33.4 Å². The van der Waals surface area contributed by atoms with E-state index in [1.807, 2.05) is 32.0 Å². The fourth-order valence-electron chi connectivity index (χ4n) is 4.70. The first kappa shape index (κ1) is 38.6. The van der Waals surface area contributed by atoms with Gasteiger partial charge in [-0.2, -0.15) is 0 Å². The summed E-state index contributed by atoms with van der Waals surface area (Å²) in [6, 6.07) is 21.8. The minimum Gasteiger partial charge on any atom is -0.388 e. The average Bonchev–Trinajstić information content (AvgIpc) is 3.08. The van der Waals surface area contributed by atoms with Gasteiger partial charge in [0.1, 0.15) is 6.10 Å². The number of amides is 4. The van der Waals surface area contributed by atoms with Gasteiger partial charge in [0, 0.05) is 55.6 Å². The highest BCUT2D eigenvalue weighted by Crippen LogP contribution is 2.15. The number of hydrogen-bond acceptors (Lipinski definition) is 7. The zero-order chi connectivity index (χ0) is 34.8. The first-order chi connectivity index (χ1) is 22.5. The van der Waals surface area contributed by atoms with Gasteiger partial charge < -0.3 is 36.2 Å². The van der Waals surface area contributed by atoms with Crippen LogP contribution in [0.4, 0.5) is 0 Å². The van der Waals surface area contributed by atoms with Gasteiger partial charge in [-0.3, -0.25) is 19.2 Å². The highest BCUT2D eigenvalue weighted by molar-refractivity contribution is 6.04. The Bertz CT molecular complexity index is 1410. The van der Waals surface area contributed by atoms with Crippen molar-refractivity contribution in [3.63, 3.8) is 0 Å². The van der Waals surface area contributed by atoms with Gasteiger partial charge >= 0.3 is 0 Å². The van der Waals surface area contributed by atoms with E-state index in [1.54, 1.807) is 35.2 Å². The van der Waals surface area contributed by atoms with Crippen LogP contribution in [0.3, 0.4) is 0 Å². The molecular weight excluding hydrogens is 600 g/mol. The molecule has 0 bridgehead atoms. The van der Waals surface area contributed by atoms with Crippen LogP contribution in [0, 0.1) is 6.92 Å². The summed E-state index contributed by atoms with van der Waals surface area (Å²) in [7, 11) is 1.47. The van der Waals surface area contributed by atoms with Crippen molar-refractivity contribution in [2.45, 2.75) is 58.3 Å². The number of nitrogens with one attached hydrogen (secondary N) is 2. The van der Waals surface area contributed by atoms with Crippen molar-refractivity contribution in [3.8, 4) is 0 Å². The third kappa shape index (κ3) is 13.0. The van der Waals surface area contributed by atoms with Crippen LogP contribution in [0.15, 0.2) is 78.9 Å². The Labute approximate surface area is 277 Å². The molecule has 0 aliphatic carbocycles. The fourth-order valence-corrected chi connectivity index (χ4v) is 4.70. The lowest BCUT2D eigenvalue weighted by Crippen LogP contribution is -2.52. The first-order valence-electron chi connectivity index (χ1n) is 15.8. The smallest absolute Gasteiger partial charge is 0.253 e. The summed E-state index contributed by atoms with van der Waals surface area (Å²) in [5.74, 6) is -2.24. The van der Waals surface area contributed by atoms with Crippen LogP contribution >= 0.6 is 0 Å². The number of nitrogens with zero attached hydrogens (tertiary/aromatic N) is 1. The molecule has 0 spiro atoms. The number of aliphatic hydroxyl groups is 2. The SMILES string of the molecule is CCCN(CCC)C(=O)c1cc(C(N)=O)cc(C(=O)NCC(O)C(O)C(CCOC)NC(=O)c2ccccc2)c1.Cc1ccccc1. The normalized spacial score (nSPS) is 12.5. The Kier molecular flexibility index (Phi) is 16.9. The Morgan fingerprint density at radius 2 is 1.36 bits per heavy atom. The maximum atomic E-state index is 13.1. The maximum absolute atomic E-state index is 13.1. The van der Waals surface area contributed by atoms with Crippen LogP contribution in [0.1, 0.15) is 80.1 Å². The molecular formula is C36H48N4O7. The minimum absolute atomic E-state index is 0.00241. The van der Waals surface area contributed by atoms with Crippen molar-refractivity contribution in [1.82, 2.24) is 15.5 Å². The van der Waals surface area contributed by atoms with Gasteiger partial charge in [0.2, 0.25) is 5.91 Å². The Morgan fingerprint density at radius 3 is 1.87 bits per heavy atom. The van der Waals surface area contributed by atoms with Gasteiger partial charge in [-0.05, 0) is 56.5 Å². The van der Waals surface area contributed by atoms with E-state index in [2.05, 4.69) is 29.7 Å². The van der Waals surface area contributed by atoms with E-state index in [1.165, 1.54) is 30.9 Å². The quantitative estimate of drug-likeness (QED) is 0.159. The monoisotopic (exact) mass is 648 g/mol. The molecule has 6 N–H and O–H groups in total. The number of carbonyl (C=O) groups excluding carboxylic acids is 4. The Morgan fingerprint density at radius 1 is 0.809 bits per heavy atom. The van der Waals surface area contributed by atoms with Gasteiger partial charge in [-0.15, -0.1) is 0 Å². The van der Waals surface area contributed by atoms with Crippen LogP contribution in [0.2, 0.25) is 0 Å². The van der Waals surface area contributed by atoms with Crippen LogP contribution in [-0.2, 0) is 4.74 Å². The summed E-state index contributed by atoms with van der Waals surface area (Å²) < 4.78 is 5.07. The zero-order valence-corrected chi connectivity index (χ0v) is 27.6. The van der Waals surface area contributed by atoms with Crippen LogP contribution in [0.25, 0.3) is 0 Å². The molecule has 11 heteroatoms. The van der Waals surface area contributed by atoms with Gasteiger partial charge in [0.25, 0.3) is 17.7 Å². The Balaban J connectivity index is 0.000000965. The third-order valence-corrected chi connectivity index (χ3v) is 7.21. The van der Waals surface area contributed by atoms with Crippen LogP contribution in [-0.4, -0.2) is 90.3 Å². The summed E-state index contributed by atoms with van der Waals surface area (Å²) in [4.78, 5) is 52.3. The Hall–Kier alpha value is -4.58. The van der Waals surface area contributed by atoms with E-state index in [9.17, 15) is 29.4 Å². The second kappa shape index (κ2) is 20.5. The summed E-state index contributed by atoms with van der Waals surface area (Å²) in [5, 5.41) is 26.7. The molecule has 3 unspecified atom stereocenters. The second-order valence-electron chi connectivity index (χ2n) is 11.1. The van der Waals surface area contributed by atoms with Crippen molar-refractivity contribution < 1.29 is 34.1 Å². The number of hydrogen-bond donors (Lipinski definition) is 5. The van der Waals surface area contributed by atoms with Crippen LogP contribution < -0.4 is 16.4 Å². The largest absolute Gasteiger partial charge is 0.388 e. The van der Waals surface area contributed by atoms with Crippen LogP contribution in [0.5, 0.6) is 0 Å². The molecule has 0 saturated carbocycles. The molecule has 3 aromatic carbocycles. The number of aryl methyl sites for hydroxylation is 1. The van der Waals surface area contributed by atoms with Gasteiger partial charge in [0.15, 0.2) is 0 Å². The summed E-state index contributed by atoms with van der Waals surface area (Å²) >= 11 is 0. The van der Waals surface area contributed by atoms with Gasteiger partial charge in [-0.25, -0.2) is 0 Å². The van der Waals surface area contributed by atoms with E-state index < -0.39 is 36.0 Å². The molecule has 3 aromatic rings. The average molecular weight is 649 g/mol. The lowest BCUT2D eigenvalue weighted by atomic mass is 10.0. The molecule has 0 saturated heterocycles. The van der Waals surface area contributed by atoms with E-state index in [4.69, 9.17) is 10.5 Å². The number of aliphatic hydroxyl groups excluding tert-OH is 2. The highest BCUT2D eigenvalue weighted by atomic mass is 16.5. The van der Waals surface area contributed by atoms with E-state index >= 15 is 0 Å². The molecule has 47 heavy (non-hydrogen) atoms. The summed E-state index contributed by atoms with van der Waals surface area (Å²) in [5.41, 5.74) is 7.30. The van der Waals surface area contributed by atoms with Gasteiger partial charge in [0.05, 0.1) is 12.1 Å². The first-order valence-corrected chi connectivity index (χ1v) is 15.8. The number of ether oxygens (including phenoxy) is 1. The zero-order valence-electron chi connectivity index (χ0n) is 27.6. The molecule has 254 valence electrons. The fraction of sp³-hybridized carbons (Fsp3) is 0.389. The number of methoxy groups -OCH3 is 1. The number of primary amides is 1. The number of carbonyl (C=O) groups is 4. The lowest BCUT2D eigenvalue weighted by Gasteiger charge is -2.28. The molecule has 0 aromatic heterocycles. The number of nitrogens with two attached hydrogens (primary N) is 1.